The summed E-state index contributed by atoms with van der Waals surface area (Å²) in [6, 6.07) is 0. The molecule has 0 aromatic carbocycles. The Morgan fingerprint density at radius 1 is 0.679 bits per heavy atom. The smallest absolute Gasteiger partial charge is 0.0701 e. The third kappa shape index (κ3) is 15.7. The quantitative estimate of drug-likeness (QED) is 0.366. The van der Waals surface area contributed by atoms with Gasteiger partial charge in [-0.2, -0.15) is 0 Å². The van der Waals surface area contributed by atoms with Gasteiger partial charge in [0.05, 0.1) is 33.0 Å². The molecule has 0 atom stereocenters. The molecule has 0 aromatic rings. The first kappa shape index (κ1) is 25.9. The molecule has 0 radical (unpaired) electrons. The molecule has 0 spiro atoms. The van der Waals surface area contributed by atoms with E-state index in [9.17, 15) is 0 Å². The summed E-state index contributed by atoms with van der Waals surface area (Å²) < 4.78 is 16.9. The summed E-state index contributed by atoms with van der Waals surface area (Å²) in [5.41, 5.74) is 0.902. The van der Waals surface area contributed by atoms with Crippen molar-refractivity contribution in [1.29, 1.82) is 0 Å². The Kier molecular flexibility index (Phi) is 12.9. The highest BCUT2D eigenvalue weighted by atomic mass is 16.5. The molecule has 1 fully saturated rings. The predicted octanol–water partition coefficient (Wildman–Crippen LogP) is 5.40. The van der Waals surface area contributed by atoms with Gasteiger partial charge in [0.2, 0.25) is 0 Å². The second-order valence-corrected chi connectivity index (χ2v) is 10.9. The third-order valence-corrected chi connectivity index (χ3v) is 5.37. The van der Waals surface area contributed by atoms with Gasteiger partial charge in [-0.1, -0.05) is 48.0 Å². The lowest BCUT2D eigenvalue weighted by atomic mass is 9.80. The van der Waals surface area contributed by atoms with E-state index >= 15 is 0 Å². The molecule has 1 heterocycles. The van der Waals surface area contributed by atoms with Crippen LogP contribution in [-0.4, -0.2) is 64.2 Å². The first-order chi connectivity index (χ1) is 13.2. The number of nitrogens with zero attached hydrogens (tertiary/aromatic N) is 1. The summed E-state index contributed by atoms with van der Waals surface area (Å²) in [5.74, 6) is 0.909. The predicted molar refractivity (Wildman–Crippen MR) is 119 cm³/mol. The van der Waals surface area contributed by atoms with Crippen LogP contribution in [0.4, 0.5) is 0 Å². The number of hydrogen-bond donors (Lipinski definition) is 0. The second kappa shape index (κ2) is 14.0. The minimum absolute atomic E-state index is 0.436. The molecule has 0 unspecified atom stereocenters. The van der Waals surface area contributed by atoms with Crippen molar-refractivity contribution >= 4 is 0 Å². The zero-order valence-electron chi connectivity index (χ0n) is 19.9. The monoisotopic (exact) mass is 399 g/mol. The van der Waals surface area contributed by atoms with Crippen molar-refractivity contribution in [1.82, 2.24) is 4.90 Å². The molecule has 0 saturated carbocycles. The van der Waals surface area contributed by atoms with Crippen LogP contribution in [0.2, 0.25) is 0 Å². The van der Waals surface area contributed by atoms with Crippen molar-refractivity contribution in [3.05, 3.63) is 0 Å². The van der Waals surface area contributed by atoms with Crippen molar-refractivity contribution in [2.45, 2.75) is 80.1 Å². The highest BCUT2D eigenvalue weighted by Gasteiger charge is 2.23. The lowest BCUT2D eigenvalue weighted by molar-refractivity contribution is 0.00789. The molecule has 0 aliphatic carbocycles. The molecule has 28 heavy (non-hydrogen) atoms. The maximum atomic E-state index is 5.73. The summed E-state index contributed by atoms with van der Waals surface area (Å²) in [6.07, 6.45) is 7.70. The van der Waals surface area contributed by atoms with E-state index in [1.54, 1.807) is 0 Å². The van der Waals surface area contributed by atoms with Gasteiger partial charge in [0, 0.05) is 13.2 Å². The van der Waals surface area contributed by atoms with Gasteiger partial charge in [-0.25, -0.2) is 0 Å². The lowest BCUT2D eigenvalue weighted by Gasteiger charge is -2.34. The summed E-state index contributed by atoms with van der Waals surface area (Å²) in [4.78, 5) is 2.55. The van der Waals surface area contributed by atoms with E-state index in [-0.39, 0.29) is 0 Å². The van der Waals surface area contributed by atoms with Gasteiger partial charge in [0.1, 0.15) is 0 Å². The molecule has 4 heteroatoms. The summed E-state index contributed by atoms with van der Waals surface area (Å²) in [5, 5.41) is 0. The molecule has 1 aliphatic rings. The first-order valence-electron chi connectivity index (χ1n) is 11.6. The Hall–Kier alpha value is -0.160. The summed E-state index contributed by atoms with van der Waals surface area (Å²) >= 11 is 0. The lowest BCUT2D eigenvalue weighted by Crippen LogP contribution is -2.37. The molecule has 168 valence electrons. The number of piperidine rings is 1. The van der Waals surface area contributed by atoms with E-state index in [0.717, 1.165) is 32.1 Å². The first-order valence-corrected chi connectivity index (χ1v) is 11.6. The van der Waals surface area contributed by atoms with Crippen molar-refractivity contribution < 1.29 is 14.2 Å². The number of unbranched alkanes of at least 4 members (excludes halogenated alkanes) is 1. The van der Waals surface area contributed by atoms with Crippen LogP contribution in [0.1, 0.15) is 80.1 Å². The van der Waals surface area contributed by atoms with Gasteiger partial charge in [-0.15, -0.1) is 0 Å². The summed E-state index contributed by atoms with van der Waals surface area (Å²) in [7, 11) is 0. The number of hydrogen-bond acceptors (Lipinski definition) is 4. The van der Waals surface area contributed by atoms with Crippen LogP contribution in [0.3, 0.4) is 0 Å². The fourth-order valence-electron chi connectivity index (χ4n) is 3.88. The van der Waals surface area contributed by atoms with Crippen molar-refractivity contribution in [3.8, 4) is 0 Å². The van der Waals surface area contributed by atoms with E-state index < -0.39 is 0 Å². The Labute approximate surface area is 175 Å². The van der Waals surface area contributed by atoms with Gasteiger partial charge in [0.15, 0.2) is 0 Å². The second-order valence-electron chi connectivity index (χ2n) is 10.9. The fraction of sp³-hybridized carbons (Fsp3) is 1.00. The average Bonchev–Trinajstić information content (AvgIpc) is 2.58. The standard InChI is InChI=1S/C24H49NO3/c1-23(2,3)11-7-8-15-26-17-19-28-20-18-27-16-14-25-12-9-22(10-13-25)21-24(4,5)6/h22H,7-21H2,1-6H3. The average molecular weight is 400 g/mol. The van der Waals surface area contributed by atoms with Crippen LogP contribution in [0, 0.1) is 16.7 Å². The number of ether oxygens (including phenoxy) is 3. The van der Waals surface area contributed by atoms with Crippen molar-refractivity contribution in [2.75, 3.05) is 59.3 Å². The van der Waals surface area contributed by atoms with Crippen LogP contribution in [0.5, 0.6) is 0 Å². The molecule has 0 amide bonds. The van der Waals surface area contributed by atoms with Crippen LogP contribution in [0.25, 0.3) is 0 Å². The molecule has 0 N–H and O–H groups in total. The van der Waals surface area contributed by atoms with E-state index in [2.05, 4.69) is 46.4 Å². The molecular weight excluding hydrogens is 350 g/mol. The van der Waals surface area contributed by atoms with Gasteiger partial charge >= 0.3 is 0 Å². The van der Waals surface area contributed by atoms with E-state index in [1.807, 2.05) is 0 Å². The molecule has 1 saturated heterocycles. The normalized spacial score (nSPS) is 17.4. The van der Waals surface area contributed by atoms with Crippen LogP contribution in [0.15, 0.2) is 0 Å². The maximum absolute atomic E-state index is 5.73. The van der Waals surface area contributed by atoms with E-state index in [0.29, 0.717) is 37.3 Å². The Morgan fingerprint density at radius 3 is 1.75 bits per heavy atom. The largest absolute Gasteiger partial charge is 0.379 e. The van der Waals surface area contributed by atoms with Crippen molar-refractivity contribution in [3.63, 3.8) is 0 Å². The fourth-order valence-corrected chi connectivity index (χ4v) is 3.88. The Balaban J connectivity index is 1.81. The molecule has 1 aliphatic heterocycles. The molecule has 0 aromatic heterocycles. The van der Waals surface area contributed by atoms with Crippen LogP contribution < -0.4 is 0 Å². The van der Waals surface area contributed by atoms with Gasteiger partial charge in [-0.3, -0.25) is 0 Å². The van der Waals surface area contributed by atoms with Gasteiger partial charge < -0.3 is 19.1 Å². The Bertz CT molecular complexity index is 365. The molecule has 4 nitrogen and oxygen atoms in total. The van der Waals surface area contributed by atoms with Gasteiger partial charge in [-0.05, 0) is 61.9 Å². The van der Waals surface area contributed by atoms with Gasteiger partial charge in [0.25, 0.3) is 0 Å². The Morgan fingerprint density at radius 2 is 1.21 bits per heavy atom. The third-order valence-electron chi connectivity index (χ3n) is 5.37. The highest BCUT2D eigenvalue weighted by Crippen LogP contribution is 2.30. The SMILES string of the molecule is CC(C)(C)CCCCOCCOCCOCCN1CCC(CC(C)(C)C)CC1. The molecule has 0 bridgehead atoms. The molecular formula is C24H49NO3. The molecule has 1 rings (SSSR count). The van der Waals surface area contributed by atoms with Crippen LogP contribution >= 0.6 is 0 Å². The van der Waals surface area contributed by atoms with Crippen molar-refractivity contribution in [2.24, 2.45) is 16.7 Å². The minimum atomic E-state index is 0.436. The number of likely N-dealkylation sites (tertiary alicyclic amines) is 1. The highest BCUT2D eigenvalue weighted by molar-refractivity contribution is 4.76. The minimum Gasteiger partial charge on any atom is -0.379 e. The topological polar surface area (TPSA) is 30.9 Å². The summed E-state index contributed by atoms with van der Waals surface area (Å²) in [6.45, 7) is 21.8. The number of rotatable bonds is 14. The van der Waals surface area contributed by atoms with E-state index in [4.69, 9.17) is 14.2 Å². The zero-order chi connectivity index (χ0) is 20.9. The van der Waals surface area contributed by atoms with E-state index in [1.165, 1.54) is 45.2 Å². The maximum Gasteiger partial charge on any atom is 0.0701 e. The zero-order valence-corrected chi connectivity index (χ0v) is 19.9. The van der Waals surface area contributed by atoms with Crippen LogP contribution in [-0.2, 0) is 14.2 Å².